The number of aromatic nitrogens is 1. The van der Waals surface area contributed by atoms with Crippen LogP contribution in [-0.2, 0) is 20.3 Å². The Labute approximate surface area is 165 Å². The zero-order valence-corrected chi connectivity index (χ0v) is 16.1. The summed E-state index contributed by atoms with van der Waals surface area (Å²) in [5, 5.41) is 3.52. The van der Waals surface area contributed by atoms with E-state index in [0.717, 1.165) is 5.39 Å². The molecule has 28 heavy (non-hydrogen) atoms. The van der Waals surface area contributed by atoms with Crippen LogP contribution in [0.2, 0.25) is 0 Å². The lowest BCUT2D eigenvalue weighted by Crippen LogP contribution is -2.42. The van der Waals surface area contributed by atoms with Crippen LogP contribution in [0.15, 0.2) is 71.8 Å². The van der Waals surface area contributed by atoms with E-state index in [1.807, 2.05) is 18.2 Å². The van der Waals surface area contributed by atoms with E-state index in [2.05, 4.69) is 10.3 Å². The molecule has 3 rings (SSSR count). The van der Waals surface area contributed by atoms with E-state index in [1.165, 1.54) is 7.11 Å². The van der Waals surface area contributed by atoms with Gasteiger partial charge in [0.25, 0.3) is 5.91 Å². The van der Waals surface area contributed by atoms with E-state index in [1.54, 1.807) is 48.7 Å². The number of carbonyl (C=O) groups is 2. The number of esters is 1. The maximum Gasteiger partial charge on any atom is 0.328 e. The third kappa shape index (κ3) is 4.61. The molecule has 0 unspecified atom stereocenters. The summed E-state index contributed by atoms with van der Waals surface area (Å²) in [6, 6.07) is 17.0. The molecule has 1 N–H and O–H groups in total. The first-order valence-electron chi connectivity index (χ1n) is 8.76. The number of hydrogen-bond donors (Lipinski definition) is 1. The molecule has 1 amide bonds. The van der Waals surface area contributed by atoms with Gasteiger partial charge in [0.1, 0.15) is 6.04 Å². The number of para-hydroxylation sites is 1. The second kappa shape index (κ2) is 9.23. The van der Waals surface area contributed by atoms with Crippen LogP contribution in [0.5, 0.6) is 0 Å². The van der Waals surface area contributed by atoms with Gasteiger partial charge in [0.15, 0.2) is 0 Å². The predicted octanol–water partition coefficient (Wildman–Crippen LogP) is 2.70. The van der Waals surface area contributed by atoms with E-state index in [0.29, 0.717) is 16.0 Å². The molecule has 0 saturated heterocycles. The van der Waals surface area contributed by atoms with Crippen molar-refractivity contribution in [2.24, 2.45) is 0 Å². The standard InChI is InChI=1S/C21H20N2O4S/c1-27-21(25)18(12-14-28(26)16-9-3-2-4-10-16)23-20(24)17-11-5-7-15-8-6-13-22-19(15)17/h2-11,13,18H,12,14H2,1H3,(H,23,24)/t18-,28-/m0/s1. The lowest BCUT2D eigenvalue weighted by molar-refractivity contribution is -0.142. The van der Waals surface area contributed by atoms with E-state index in [4.69, 9.17) is 4.74 Å². The maximum absolute atomic E-state index is 12.8. The molecule has 0 radical (unpaired) electrons. The van der Waals surface area contributed by atoms with Gasteiger partial charge in [-0.05, 0) is 30.7 Å². The first-order chi connectivity index (χ1) is 13.6. The van der Waals surface area contributed by atoms with E-state index < -0.39 is 28.7 Å². The minimum absolute atomic E-state index is 0.193. The van der Waals surface area contributed by atoms with E-state index in [-0.39, 0.29) is 12.2 Å². The fourth-order valence-corrected chi connectivity index (χ4v) is 3.98. The summed E-state index contributed by atoms with van der Waals surface area (Å²) in [5.41, 5.74) is 0.926. The van der Waals surface area contributed by atoms with Gasteiger partial charge >= 0.3 is 5.97 Å². The molecule has 2 aromatic carbocycles. The number of methoxy groups -OCH3 is 1. The number of benzene rings is 2. The topological polar surface area (TPSA) is 85.4 Å². The Morgan fingerprint density at radius 2 is 1.82 bits per heavy atom. The molecule has 0 fully saturated rings. The molecule has 0 saturated carbocycles. The van der Waals surface area contributed by atoms with Gasteiger partial charge in [-0.3, -0.25) is 14.0 Å². The summed E-state index contributed by atoms with van der Waals surface area (Å²) < 4.78 is 17.2. The number of nitrogens with zero attached hydrogens (tertiary/aromatic N) is 1. The van der Waals surface area contributed by atoms with Crippen LogP contribution >= 0.6 is 0 Å². The van der Waals surface area contributed by atoms with Gasteiger partial charge in [0.05, 0.1) is 29.0 Å². The average molecular weight is 396 g/mol. The van der Waals surface area contributed by atoms with Crippen molar-refractivity contribution in [1.29, 1.82) is 0 Å². The number of hydrogen-bond acceptors (Lipinski definition) is 5. The van der Waals surface area contributed by atoms with Gasteiger partial charge in [0.2, 0.25) is 0 Å². The van der Waals surface area contributed by atoms with Gasteiger partial charge in [-0.2, -0.15) is 0 Å². The highest BCUT2D eigenvalue weighted by Gasteiger charge is 2.24. The highest BCUT2D eigenvalue weighted by molar-refractivity contribution is 7.85. The van der Waals surface area contributed by atoms with Crippen molar-refractivity contribution < 1.29 is 18.5 Å². The SMILES string of the molecule is COC(=O)[C@H](CC[S@](=O)c1ccccc1)NC(=O)c1cccc2cccnc12. The molecule has 0 aliphatic rings. The summed E-state index contributed by atoms with van der Waals surface area (Å²) in [7, 11) is -0.0165. The number of nitrogens with one attached hydrogen (secondary N) is 1. The molecule has 7 heteroatoms. The molecule has 1 aromatic heterocycles. The highest BCUT2D eigenvalue weighted by Crippen LogP contribution is 2.16. The number of pyridine rings is 1. The summed E-state index contributed by atoms with van der Waals surface area (Å²) in [5.74, 6) is -0.783. The van der Waals surface area contributed by atoms with Gasteiger partial charge in [0, 0.05) is 22.2 Å². The van der Waals surface area contributed by atoms with Crippen LogP contribution in [-0.4, -0.2) is 40.0 Å². The molecule has 1 heterocycles. The second-order valence-electron chi connectivity index (χ2n) is 6.08. The van der Waals surface area contributed by atoms with Crippen LogP contribution in [0.1, 0.15) is 16.8 Å². The Balaban J connectivity index is 1.74. The first-order valence-corrected chi connectivity index (χ1v) is 10.1. The minimum atomic E-state index is -1.28. The molecular formula is C21H20N2O4S. The van der Waals surface area contributed by atoms with Gasteiger partial charge in [-0.25, -0.2) is 4.79 Å². The lowest BCUT2D eigenvalue weighted by atomic mass is 10.1. The van der Waals surface area contributed by atoms with Gasteiger partial charge < -0.3 is 10.1 Å². The molecule has 6 nitrogen and oxygen atoms in total. The Morgan fingerprint density at radius 1 is 1.07 bits per heavy atom. The monoisotopic (exact) mass is 396 g/mol. The lowest BCUT2D eigenvalue weighted by Gasteiger charge is -2.17. The van der Waals surface area contributed by atoms with Crippen LogP contribution in [0, 0.1) is 0 Å². The van der Waals surface area contributed by atoms with E-state index >= 15 is 0 Å². The van der Waals surface area contributed by atoms with Crippen molar-refractivity contribution in [3.63, 3.8) is 0 Å². The molecule has 144 valence electrons. The molecule has 0 bridgehead atoms. The number of ether oxygens (including phenoxy) is 1. The number of fused-ring (bicyclic) bond motifs is 1. The molecule has 2 atom stereocenters. The Hall–Kier alpha value is -3.06. The normalized spacial score (nSPS) is 12.9. The van der Waals surface area contributed by atoms with Crippen molar-refractivity contribution >= 4 is 33.6 Å². The van der Waals surface area contributed by atoms with E-state index in [9.17, 15) is 13.8 Å². The minimum Gasteiger partial charge on any atom is -0.467 e. The predicted molar refractivity (Wildman–Crippen MR) is 107 cm³/mol. The Morgan fingerprint density at radius 3 is 2.57 bits per heavy atom. The van der Waals surface area contributed by atoms with Crippen molar-refractivity contribution in [3.05, 3.63) is 72.4 Å². The average Bonchev–Trinajstić information content (AvgIpc) is 2.75. The summed E-state index contributed by atoms with van der Waals surface area (Å²) in [4.78, 5) is 29.8. The number of rotatable bonds is 7. The quantitative estimate of drug-likeness (QED) is 0.621. The van der Waals surface area contributed by atoms with Crippen molar-refractivity contribution in [1.82, 2.24) is 10.3 Å². The molecule has 3 aromatic rings. The smallest absolute Gasteiger partial charge is 0.328 e. The summed E-state index contributed by atoms with van der Waals surface area (Å²) >= 11 is 0. The number of carbonyl (C=O) groups excluding carboxylic acids is 2. The third-order valence-corrected chi connectivity index (χ3v) is 5.67. The fraction of sp³-hybridized carbons (Fsp3) is 0.190. The fourth-order valence-electron chi connectivity index (χ4n) is 2.83. The van der Waals surface area contributed by atoms with Crippen molar-refractivity contribution in [3.8, 4) is 0 Å². The summed E-state index contributed by atoms with van der Waals surface area (Å²) in [6.45, 7) is 0. The van der Waals surface area contributed by atoms with Gasteiger partial charge in [-0.1, -0.05) is 36.4 Å². The van der Waals surface area contributed by atoms with Crippen molar-refractivity contribution in [2.75, 3.05) is 12.9 Å². The summed E-state index contributed by atoms with van der Waals surface area (Å²) in [6.07, 6.45) is 1.80. The zero-order chi connectivity index (χ0) is 19.9. The highest BCUT2D eigenvalue weighted by atomic mass is 32.2. The Bertz CT molecular complexity index is 1000. The van der Waals surface area contributed by atoms with Gasteiger partial charge in [-0.15, -0.1) is 0 Å². The van der Waals surface area contributed by atoms with Crippen LogP contribution in [0.25, 0.3) is 10.9 Å². The molecule has 0 aliphatic heterocycles. The third-order valence-electron chi connectivity index (χ3n) is 4.27. The zero-order valence-electron chi connectivity index (χ0n) is 15.3. The first kappa shape index (κ1) is 19.7. The van der Waals surface area contributed by atoms with Crippen LogP contribution in [0.4, 0.5) is 0 Å². The number of amides is 1. The van der Waals surface area contributed by atoms with Crippen LogP contribution < -0.4 is 5.32 Å². The molecule has 0 spiro atoms. The second-order valence-corrected chi connectivity index (χ2v) is 7.65. The van der Waals surface area contributed by atoms with Crippen molar-refractivity contribution in [2.45, 2.75) is 17.4 Å². The Kier molecular flexibility index (Phi) is 6.49. The maximum atomic E-state index is 12.8. The molecule has 0 aliphatic carbocycles. The van der Waals surface area contributed by atoms with Crippen LogP contribution in [0.3, 0.4) is 0 Å². The largest absolute Gasteiger partial charge is 0.467 e. The molecular weight excluding hydrogens is 376 g/mol.